The van der Waals surface area contributed by atoms with E-state index >= 15 is 0 Å². The molecule has 2 aromatic carbocycles. The van der Waals surface area contributed by atoms with Crippen LogP contribution in [0.15, 0.2) is 45.7 Å². The highest BCUT2D eigenvalue weighted by atomic mass is 79.9. The van der Waals surface area contributed by atoms with Crippen LogP contribution in [0.1, 0.15) is 18.9 Å². The monoisotopic (exact) mass is 458 g/mol. The number of urea groups is 1. The van der Waals surface area contributed by atoms with Crippen LogP contribution in [0.25, 0.3) is 11.0 Å². The highest BCUT2D eigenvalue weighted by molar-refractivity contribution is 9.10. The van der Waals surface area contributed by atoms with Crippen molar-refractivity contribution in [2.24, 2.45) is 0 Å². The Bertz CT molecular complexity index is 1150. The zero-order valence-corrected chi connectivity index (χ0v) is 17.1. The number of rotatable bonds is 2. The number of carbonyl (C=O) groups is 1. The molecule has 2 N–H and O–H groups in total. The van der Waals surface area contributed by atoms with E-state index in [4.69, 9.17) is 9.47 Å². The molecule has 1 fully saturated rings. The Morgan fingerprint density at radius 1 is 1.14 bits per heavy atom. The summed E-state index contributed by atoms with van der Waals surface area (Å²) in [5.41, 5.74) is 2.24. The molecule has 150 valence electrons. The second-order valence-corrected chi connectivity index (χ2v) is 8.00. The first-order chi connectivity index (χ1) is 14.1. The number of fused-ring (bicyclic) bond motifs is 2. The third kappa shape index (κ3) is 3.25. The number of benzene rings is 2. The average molecular weight is 459 g/mol. The molecule has 5 rings (SSSR count). The number of hydrogen-bond acceptors (Lipinski definition) is 4. The van der Waals surface area contributed by atoms with Crippen molar-refractivity contribution in [2.75, 3.05) is 25.2 Å². The van der Waals surface area contributed by atoms with Gasteiger partial charge in [-0.2, -0.15) is 0 Å². The van der Waals surface area contributed by atoms with Gasteiger partial charge in [0.1, 0.15) is 0 Å². The molecule has 0 saturated carbocycles. The maximum atomic E-state index is 12.6. The number of aromatic amines is 1. The number of ether oxygens (including phenoxy) is 2. The lowest BCUT2D eigenvalue weighted by Crippen LogP contribution is -2.42. The molecule has 1 saturated heterocycles. The van der Waals surface area contributed by atoms with Gasteiger partial charge in [-0.15, -0.1) is 0 Å². The van der Waals surface area contributed by atoms with Gasteiger partial charge in [0.05, 0.1) is 11.0 Å². The lowest BCUT2D eigenvalue weighted by atomic mass is 10.0. The standard InChI is InChI=1S/C20H19BrN4O4/c21-14-2-1-3-15-18(14)23-20(27)25(15)13-6-8-24(9-7-13)19(26)22-12-4-5-16-17(10-12)29-11-28-16/h1-5,10,13H,6-9,11H2,(H,22,26)(H,23,27). The maximum Gasteiger partial charge on any atom is 0.326 e. The van der Waals surface area contributed by atoms with Crippen LogP contribution in [-0.4, -0.2) is 40.4 Å². The number of anilines is 1. The minimum atomic E-state index is -0.156. The zero-order chi connectivity index (χ0) is 20.0. The van der Waals surface area contributed by atoms with E-state index in [-0.39, 0.29) is 24.6 Å². The van der Waals surface area contributed by atoms with Gasteiger partial charge in [0, 0.05) is 35.4 Å². The summed E-state index contributed by atoms with van der Waals surface area (Å²) in [6.07, 6.45) is 1.43. The number of carbonyl (C=O) groups excluding carboxylic acids is 1. The third-order valence-electron chi connectivity index (χ3n) is 5.44. The van der Waals surface area contributed by atoms with Crippen LogP contribution in [-0.2, 0) is 0 Å². The van der Waals surface area contributed by atoms with Gasteiger partial charge in [0.25, 0.3) is 0 Å². The number of aromatic nitrogens is 2. The minimum Gasteiger partial charge on any atom is -0.454 e. The average Bonchev–Trinajstić information content (AvgIpc) is 3.32. The van der Waals surface area contributed by atoms with Gasteiger partial charge in [-0.3, -0.25) is 4.57 Å². The van der Waals surface area contributed by atoms with Crippen molar-refractivity contribution in [3.63, 3.8) is 0 Å². The predicted molar refractivity (Wildman–Crippen MR) is 112 cm³/mol. The first kappa shape index (κ1) is 18.1. The van der Waals surface area contributed by atoms with E-state index in [1.807, 2.05) is 22.8 Å². The molecule has 2 aliphatic rings. The van der Waals surface area contributed by atoms with E-state index in [0.717, 1.165) is 15.5 Å². The molecule has 3 aromatic rings. The molecule has 0 atom stereocenters. The Balaban J connectivity index is 1.27. The summed E-state index contributed by atoms with van der Waals surface area (Å²) >= 11 is 3.49. The van der Waals surface area contributed by atoms with Crippen LogP contribution in [0.5, 0.6) is 11.5 Å². The Kier molecular flexibility index (Phi) is 4.46. The summed E-state index contributed by atoms with van der Waals surface area (Å²) in [6, 6.07) is 11.0. The molecule has 2 amide bonds. The summed E-state index contributed by atoms with van der Waals surface area (Å²) < 4.78 is 13.3. The second-order valence-electron chi connectivity index (χ2n) is 7.15. The number of hydrogen-bond donors (Lipinski definition) is 2. The highest BCUT2D eigenvalue weighted by Gasteiger charge is 2.26. The number of nitrogens with one attached hydrogen (secondary N) is 2. The van der Waals surface area contributed by atoms with E-state index in [1.165, 1.54) is 0 Å². The first-order valence-electron chi connectivity index (χ1n) is 9.44. The lowest BCUT2D eigenvalue weighted by Gasteiger charge is -2.32. The van der Waals surface area contributed by atoms with Gasteiger partial charge < -0.3 is 24.7 Å². The molecular weight excluding hydrogens is 440 g/mol. The fraction of sp³-hybridized carbons (Fsp3) is 0.300. The van der Waals surface area contributed by atoms with Crippen molar-refractivity contribution in [3.8, 4) is 11.5 Å². The van der Waals surface area contributed by atoms with Crippen LogP contribution in [0.2, 0.25) is 0 Å². The van der Waals surface area contributed by atoms with E-state index in [2.05, 4.69) is 26.2 Å². The van der Waals surface area contributed by atoms with Crippen LogP contribution in [0.4, 0.5) is 10.5 Å². The van der Waals surface area contributed by atoms with E-state index in [9.17, 15) is 9.59 Å². The summed E-state index contributed by atoms with van der Waals surface area (Å²) in [5, 5.41) is 2.91. The molecule has 1 aromatic heterocycles. The summed E-state index contributed by atoms with van der Waals surface area (Å²) in [4.78, 5) is 29.9. The number of imidazole rings is 1. The molecule has 0 radical (unpaired) electrons. The largest absolute Gasteiger partial charge is 0.454 e. The smallest absolute Gasteiger partial charge is 0.326 e. The summed E-state index contributed by atoms with van der Waals surface area (Å²) in [6.45, 7) is 1.35. The van der Waals surface area contributed by atoms with Crippen molar-refractivity contribution in [2.45, 2.75) is 18.9 Å². The van der Waals surface area contributed by atoms with Crippen LogP contribution in [0.3, 0.4) is 0 Å². The van der Waals surface area contributed by atoms with Crippen molar-refractivity contribution < 1.29 is 14.3 Å². The summed E-state index contributed by atoms with van der Waals surface area (Å²) in [7, 11) is 0. The molecular formula is C20H19BrN4O4. The van der Waals surface area contributed by atoms with Crippen LogP contribution < -0.4 is 20.5 Å². The van der Waals surface area contributed by atoms with E-state index < -0.39 is 0 Å². The highest BCUT2D eigenvalue weighted by Crippen LogP contribution is 2.34. The van der Waals surface area contributed by atoms with Gasteiger partial charge in [-0.1, -0.05) is 6.07 Å². The Morgan fingerprint density at radius 3 is 2.76 bits per heavy atom. The number of likely N-dealkylation sites (tertiary alicyclic amines) is 1. The van der Waals surface area contributed by atoms with Gasteiger partial charge in [0.15, 0.2) is 11.5 Å². The number of nitrogens with zero attached hydrogens (tertiary/aromatic N) is 2. The molecule has 3 heterocycles. The zero-order valence-electron chi connectivity index (χ0n) is 15.5. The maximum absolute atomic E-state index is 12.6. The van der Waals surface area contributed by atoms with Gasteiger partial charge in [-0.25, -0.2) is 9.59 Å². The van der Waals surface area contributed by atoms with Crippen LogP contribution in [0, 0.1) is 0 Å². The van der Waals surface area contributed by atoms with E-state index in [0.29, 0.717) is 43.1 Å². The predicted octanol–water partition coefficient (Wildman–Crippen LogP) is 3.69. The third-order valence-corrected chi connectivity index (χ3v) is 6.10. The van der Waals surface area contributed by atoms with Crippen molar-refractivity contribution in [1.29, 1.82) is 0 Å². The topological polar surface area (TPSA) is 88.6 Å². The van der Waals surface area contributed by atoms with Gasteiger partial charge >= 0.3 is 11.7 Å². The Hall–Kier alpha value is -2.94. The first-order valence-corrected chi connectivity index (χ1v) is 10.2. The SMILES string of the molecule is O=C(Nc1ccc2c(c1)OCO2)N1CCC(n2c(=O)[nH]c3c(Br)cccc32)CC1. The molecule has 29 heavy (non-hydrogen) atoms. The number of halogens is 1. The normalized spacial score (nSPS) is 16.4. The second kappa shape index (κ2) is 7.14. The molecule has 0 aliphatic carbocycles. The number of amides is 2. The van der Waals surface area contributed by atoms with Gasteiger partial charge in [-0.05, 0) is 53.0 Å². The fourth-order valence-corrected chi connectivity index (χ4v) is 4.44. The fourth-order valence-electron chi connectivity index (χ4n) is 3.98. The number of H-pyrrole nitrogens is 1. The number of piperidine rings is 1. The summed E-state index contributed by atoms with van der Waals surface area (Å²) in [5.74, 6) is 1.31. The Morgan fingerprint density at radius 2 is 1.93 bits per heavy atom. The van der Waals surface area contributed by atoms with Crippen molar-refractivity contribution in [3.05, 3.63) is 51.4 Å². The molecule has 9 heteroatoms. The van der Waals surface area contributed by atoms with Gasteiger partial charge in [0.2, 0.25) is 6.79 Å². The number of para-hydroxylation sites is 1. The molecule has 2 aliphatic heterocycles. The molecule has 0 bridgehead atoms. The minimum absolute atomic E-state index is 0.0557. The quantitative estimate of drug-likeness (QED) is 0.612. The molecule has 8 nitrogen and oxygen atoms in total. The van der Waals surface area contributed by atoms with Crippen molar-refractivity contribution >= 4 is 38.7 Å². The molecule has 0 unspecified atom stereocenters. The van der Waals surface area contributed by atoms with E-state index in [1.54, 1.807) is 23.1 Å². The lowest BCUT2D eigenvalue weighted by molar-refractivity contribution is 0.174. The Labute approximate surface area is 174 Å². The van der Waals surface area contributed by atoms with Crippen molar-refractivity contribution in [1.82, 2.24) is 14.5 Å². The van der Waals surface area contributed by atoms with Crippen LogP contribution >= 0.6 is 15.9 Å². The molecule has 0 spiro atoms.